The van der Waals surface area contributed by atoms with E-state index >= 15 is 0 Å². The monoisotopic (exact) mass is 926 g/mol. The molecule has 18 heteroatoms. The van der Waals surface area contributed by atoms with Crippen molar-refractivity contribution in [1.82, 2.24) is 0 Å². The highest BCUT2D eigenvalue weighted by atomic mass is 16.7. The van der Waals surface area contributed by atoms with Crippen LogP contribution in [-0.2, 0) is 28.5 Å². The largest absolute Gasteiger partial charge is 0.481 e. The number of carbonyl (C=O) groups excluding carboxylic acids is 1. The molecule has 2 fully saturated rings. The standard InChI is InChI=1S/C47H75NO17/c1-27-17-15-13-11-9-7-5-6-8-10-12-14-16-18-34(64-46-44(58)41(48)43(57)30(4)63-46)24-38-40(45(59)60)37(54)26-47(61,65-38)25-36(53)35(52)20-19-31(49)21-32(50)22-33(51)23-39(55)62-29(3)28(2)42(27)56/h5-6,8,10-18,27-38,40-44,46,49-54,56-58,61H,7,9,19-26,48H2,1-4H3,(H,59,60)/b6-5?,10-8?,13-11?,14-12-,17-15?,18-16-/t27-,28+,29-,30+,31-,32-,33-,34-,35+,36-,37-,38-,40+,41-,42+,43+,44-,46-,47+/m0/s1. The second kappa shape index (κ2) is 27.6. The number of allylic oxidation sites excluding steroid dienone is 10. The Morgan fingerprint density at radius 3 is 1.94 bits per heavy atom. The Balaban J connectivity index is 1.84. The summed E-state index contributed by atoms with van der Waals surface area (Å²) in [4.78, 5) is 25.1. The molecule has 0 saturated carbocycles. The van der Waals surface area contributed by atoms with Crippen LogP contribution in [0.1, 0.15) is 91.9 Å². The van der Waals surface area contributed by atoms with Crippen LogP contribution in [0.5, 0.6) is 0 Å². The van der Waals surface area contributed by atoms with E-state index < -0.39 is 141 Å². The van der Waals surface area contributed by atoms with Gasteiger partial charge in [0, 0.05) is 31.1 Å². The van der Waals surface area contributed by atoms with E-state index in [0.29, 0.717) is 0 Å². The van der Waals surface area contributed by atoms with Gasteiger partial charge in [-0.2, -0.15) is 0 Å². The summed E-state index contributed by atoms with van der Waals surface area (Å²) in [5.74, 6) is -6.82. The molecule has 65 heavy (non-hydrogen) atoms. The van der Waals surface area contributed by atoms with Gasteiger partial charge in [0.15, 0.2) is 12.1 Å². The van der Waals surface area contributed by atoms with E-state index in [1.54, 1.807) is 38.2 Å². The van der Waals surface area contributed by atoms with Gasteiger partial charge in [-0.1, -0.05) is 86.8 Å². The zero-order valence-corrected chi connectivity index (χ0v) is 37.8. The van der Waals surface area contributed by atoms with Crippen molar-refractivity contribution in [3.05, 3.63) is 72.9 Å². The number of hydrogen-bond acceptors (Lipinski definition) is 17. The summed E-state index contributed by atoms with van der Waals surface area (Å²) in [6, 6.07) is -1.14. The number of aliphatic hydroxyl groups is 10. The normalized spacial score (nSPS) is 43.3. The van der Waals surface area contributed by atoms with Crippen LogP contribution in [0.2, 0.25) is 0 Å². The minimum Gasteiger partial charge on any atom is -0.481 e. The van der Waals surface area contributed by atoms with Crippen LogP contribution >= 0.6 is 0 Å². The highest BCUT2D eigenvalue weighted by Gasteiger charge is 2.51. The lowest BCUT2D eigenvalue weighted by molar-refractivity contribution is -0.310. The molecule has 2 saturated heterocycles. The Labute approximate surface area is 381 Å². The number of hydrogen-bond donors (Lipinski definition) is 12. The molecule has 0 spiro atoms. The highest BCUT2D eigenvalue weighted by Crippen LogP contribution is 2.38. The Morgan fingerprint density at radius 1 is 0.692 bits per heavy atom. The van der Waals surface area contributed by atoms with E-state index in [-0.39, 0.29) is 38.0 Å². The molecule has 19 atom stereocenters. The van der Waals surface area contributed by atoms with Gasteiger partial charge in [0.25, 0.3) is 0 Å². The topological polar surface area (TPSA) is 320 Å². The lowest BCUT2D eigenvalue weighted by atomic mass is 9.82. The predicted molar refractivity (Wildman–Crippen MR) is 237 cm³/mol. The Kier molecular flexibility index (Phi) is 23.8. The van der Waals surface area contributed by atoms with Gasteiger partial charge in [-0.15, -0.1) is 0 Å². The van der Waals surface area contributed by atoms with E-state index in [4.69, 9.17) is 24.7 Å². The van der Waals surface area contributed by atoms with E-state index in [1.165, 1.54) is 13.0 Å². The molecule has 0 unspecified atom stereocenters. The summed E-state index contributed by atoms with van der Waals surface area (Å²) in [5.41, 5.74) is 6.02. The van der Waals surface area contributed by atoms with Gasteiger partial charge < -0.3 is 80.9 Å². The van der Waals surface area contributed by atoms with Crippen LogP contribution in [0.3, 0.4) is 0 Å². The minimum absolute atomic E-state index is 0.138. The molecular formula is C47H75NO17. The van der Waals surface area contributed by atoms with Crippen LogP contribution in [0.25, 0.3) is 0 Å². The van der Waals surface area contributed by atoms with E-state index in [0.717, 1.165) is 12.8 Å². The molecule has 3 aliphatic rings. The van der Waals surface area contributed by atoms with Crippen LogP contribution < -0.4 is 5.73 Å². The van der Waals surface area contributed by atoms with Gasteiger partial charge in [-0.3, -0.25) is 9.59 Å². The van der Waals surface area contributed by atoms with Crippen LogP contribution in [0, 0.1) is 17.8 Å². The van der Waals surface area contributed by atoms with E-state index in [2.05, 4.69) is 0 Å². The first-order valence-corrected chi connectivity index (χ1v) is 22.6. The lowest BCUT2D eigenvalue weighted by Gasteiger charge is -2.45. The zero-order valence-electron chi connectivity index (χ0n) is 37.8. The molecule has 18 nitrogen and oxygen atoms in total. The number of ether oxygens (including phenoxy) is 4. The number of carboxylic acids is 1. The van der Waals surface area contributed by atoms with Gasteiger partial charge in [0.05, 0.1) is 79.6 Å². The number of nitrogens with two attached hydrogens (primary N) is 1. The van der Waals surface area contributed by atoms with Crippen molar-refractivity contribution < 1.29 is 84.7 Å². The number of carboxylic acid groups (broad SMARTS) is 1. The summed E-state index contributed by atoms with van der Waals surface area (Å²) < 4.78 is 23.2. The van der Waals surface area contributed by atoms with E-state index in [9.17, 15) is 65.8 Å². The Bertz CT molecular complexity index is 1620. The zero-order chi connectivity index (χ0) is 48.4. The maximum absolute atomic E-state index is 12.6. The lowest BCUT2D eigenvalue weighted by Crippen LogP contribution is -2.61. The maximum Gasteiger partial charge on any atom is 0.311 e. The molecule has 0 amide bonds. The minimum atomic E-state index is -2.35. The molecule has 0 aromatic carbocycles. The van der Waals surface area contributed by atoms with Crippen molar-refractivity contribution in [3.8, 4) is 0 Å². The molecule has 0 aromatic rings. The number of rotatable bonds is 3. The first-order valence-electron chi connectivity index (χ1n) is 22.6. The highest BCUT2D eigenvalue weighted by molar-refractivity contribution is 5.71. The summed E-state index contributed by atoms with van der Waals surface area (Å²) in [7, 11) is 0. The molecule has 3 aliphatic heterocycles. The van der Waals surface area contributed by atoms with Crippen molar-refractivity contribution in [3.63, 3.8) is 0 Å². The van der Waals surface area contributed by atoms with Gasteiger partial charge in [-0.05, 0) is 52.4 Å². The smallest absolute Gasteiger partial charge is 0.311 e. The van der Waals surface area contributed by atoms with Crippen LogP contribution in [0.15, 0.2) is 72.9 Å². The van der Waals surface area contributed by atoms with Gasteiger partial charge in [0.1, 0.15) is 18.1 Å². The van der Waals surface area contributed by atoms with Crippen molar-refractivity contribution in [2.24, 2.45) is 23.5 Å². The molecule has 0 aromatic heterocycles. The number of cyclic esters (lactones) is 1. The molecule has 2 bridgehead atoms. The van der Waals surface area contributed by atoms with Crippen molar-refractivity contribution in [2.75, 3.05) is 0 Å². The summed E-state index contributed by atoms with van der Waals surface area (Å²) in [5, 5.41) is 118. The van der Waals surface area contributed by atoms with E-state index in [1.807, 2.05) is 49.5 Å². The summed E-state index contributed by atoms with van der Waals surface area (Å²) >= 11 is 0. The predicted octanol–water partition coefficient (Wildman–Crippen LogP) is 0.936. The average Bonchev–Trinajstić information content (AvgIpc) is 3.21. The molecule has 3 heterocycles. The molecule has 3 rings (SSSR count). The molecule has 370 valence electrons. The molecule has 0 radical (unpaired) electrons. The second-order valence-electron chi connectivity index (χ2n) is 17.8. The number of aliphatic hydroxyl groups excluding tert-OH is 9. The third kappa shape index (κ3) is 18.8. The second-order valence-corrected chi connectivity index (χ2v) is 17.8. The summed E-state index contributed by atoms with van der Waals surface area (Å²) in [6.07, 6.45) is 2.28. The van der Waals surface area contributed by atoms with Gasteiger partial charge >= 0.3 is 11.9 Å². The van der Waals surface area contributed by atoms with Crippen molar-refractivity contribution in [1.29, 1.82) is 0 Å². The van der Waals surface area contributed by atoms with Crippen molar-refractivity contribution in [2.45, 2.75) is 189 Å². The van der Waals surface area contributed by atoms with Crippen LogP contribution in [-0.4, -0.2) is 166 Å². The number of fused-ring (bicyclic) bond motifs is 2. The fourth-order valence-corrected chi connectivity index (χ4v) is 8.11. The Hall–Kier alpha value is -3.18. The summed E-state index contributed by atoms with van der Waals surface area (Å²) in [6.45, 7) is 6.78. The third-order valence-corrected chi connectivity index (χ3v) is 12.2. The third-order valence-electron chi connectivity index (χ3n) is 12.2. The maximum atomic E-state index is 12.6. The first kappa shape index (κ1) is 56.1. The quantitative estimate of drug-likeness (QED) is 0.175. The van der Waals surface area contributed by atoms with Gasteiger partial charge in [0.2, 0.25) is 0 Å². The van der Waals surface area contributed by atoms with Crippen molar-refractivity contribution >= 4 is 11.9 Å². The Morgan fingerprint density at radius 2 is 1.28 bits per heavy atom. The fraction of sp³-hybridized carbons (Fsp3) is 0.702. The first-order chi connectivity index (χ1) is 30.6. The molecule has 0 aliphatic carbocycles. The SMILES string of the molecule is C[C@H]1[C@H](O)[C@@H](C)C=CC=CCCC=CC=C/C=C\C=C/[C@H](O[C@@H]2O[C@H](C)[C@@H](O)[C@H](N)[C@@H]2O)C[C@@H]2O[C@@](O)(C[C@H](O)[C@H]2C(=O)O)C[C@H](O)[C@H](O)CC[C@H](O)C[C@H](O)C[C@H](O)CC(=O)O[C@H]1C. The molecule has 13 N–H and O–H groups in total. The number of aliphatic carboxylic acids is 1. The fourth-order valence-electron chi connectivity index (χ4n) is 8.11. The number of carbonyl (C=O) groups is 2. The number of esters is 1. The van der Waals surface area contributed by atoms with Gasteiger partial charge in [-0.25, -0.2) is 0 Å². The average molecular weight is 926 g/mol. The molecular weight excluding hydrogens is 851 g/mol. The van der Waals surface area contributed by atoms with Crippen LogP contribution in [0.4, 0.5) is 0 Å².